The summed E-state index contributed by atoms with van der Waals surface area (Å²) in [7, 11) is 1.85. The molecular weight excluding hydrogens is 294 g/mol. The molecule has 0 bridgehead atoms. The van der Waals surface area contributed by atoms with Gasteiger partial charge in [-0.25, -0.2) is 0 Å². The van der Waals surface area contributed by atoms with Gasteiger partial charge in [-0.1, -0.05) is 13.8 Å². The molecule has 6 heteroatoms. The normalized spacial score (nSPS) is 10.7. The summed E-state index contributed by atoms with van der Waals surface area (Å²) in [6.07, 6.45) is 0. The average molecular weight is 321 g/mol. The number of carbonyl (C=O) groups excluding carboxylic acids is 2. The zero-order valence-electron chi connectivity index (χ0n) is 14.4. The van der Waals surface area contributed by atoms with E-state index in [4.69, 9.17) is 4.74 Å². The summed E-state index contributed by atoms with van der Waals surface area (Å²) in [5.41, 5.74) is 0.736. The van der Waals surface area contributed by atoms with Crippen LogP contribution in [0, 0.1) is 5.92 Å². The summed E-state index contributed by atoms with van der Waals surface area (Å²) < 4.78 is 5.36. The lowest BCUT2D eigenvalue weighted by atomic mass is 10.2. The number of rotatable bonds is 9. The Labute approximate surface area is 138 Å². The minimum absolute atomic E-state index is 0.0248. The lowest BCUT2D eigenvalue weighted by Crippen LogP contribution is -2.38. The van der Waals surface area contributed by atoms with Crippen molar-refractivity contribution < 1.29 is 14.3 Å². The number of amides is 2. The second-order valence-electron chi connectivity index (χ2n) is 5.69. The number of likely N-dealkylation sites (N-methyl/N-ethyl adjacent to an activating group) is 1. The van der Waals surface area contributed by atoms with Crippen LogP contribution in [-0.4, -0.2) is 50.0 Å². The predicted octanol–water partition coefficient (Wildman–Crippen LogP) is 1.73. The molecule has 1 aromatic carbocycles. The molecule has 6 nitrogen and oxygen atoms in total. The highest BCUT2D eigenvalue weighted by Crippen LogP contribution is 2.15. The van der Waals surface area contributed by atoms with Crippen molar-refractivity contribution in [3.8, 4) is 5.75 Å². The highest BCUT2D eigenvalue weighted by atomic mass is 16.5. The van der Waals surface area contributed by atoms with Crippen LogP contribution in [0.3, 0.4) is 0 Å². The number of hydrogen-bond acceptors (Lipinski definition) is 4. The standard InChI is InChI=1S/C17H27N3O3/c1-5-23-15-8-6-14(7-9-15)19-16(21)12-20(4)11-10-18-17(22)13(2)3/h6-9,13H,5,10-12H2,1-4H3,(H,18,22)(H,19,21). The first-order chi connectivity index (χ1) is 10.9. The van der Waals surface area contributed by atoms with Gasteiger partial charge in [-0.15, -0.1) is 0 Å². The average Bonchev–Trinajstić information content (AvgIpc) is 2.49. The lowest BCUT2D eigenvalue weighted by molar-refractivity contribution is -0.124. The largest absolute Gasteiger partial charge is 0.494 e. The van der Waals surface area contributed by atoms with Crippen molar-refractivity contribution in [1.82, 2.24) is 10.2 Å². The van der Waals surface area contributed by atoms with E-state index in [2.05, 4.69) is 10.6 Å². The predicted molar refractivity (Wildman–Crippen MR) is 91.6 cm³/mol. The fourth-order valence-corrected chi connectivity index (χ4v) is 1.90. The number of benzene rings is 1. The minimum Gasteiger partial charge on any atom is -0.494 e. The van der Waals surface area contributed by atoms with Crippen molar-refractivity contribution in [2.24, 2.45) is 5.92 Å². The second-order valence-corrected chi connectivity index (χ2v) is 5.69. The Bertz CT molecular complexity index is 500. The van der Waals surface area contributed by atoms with Crippen LogP contribution >= 0.6 is 0 Å². The highest BCUT2D eigenvalue weighted by Gasteiger charge is 2.09. The fourth-order valence-electron chi connectivity index (χ4n) is 1.90. The van der Waals surface area contributed by atoms with E-state index in [1.54, 1.807) is 0 Å². The van der Waals surface area contributed by atoms with Gasteiger partial charge in [-0.2, -0.15) is 0 Å². The summed E-state index contributed by atoms with van der Waals surface area (Å²) in [6, 6.07) is 7.27. The molecule has 1 rings (SSSR count). The Kier molecular flexibility index (Phi) is 8.11. The molecule has 0 atom stereocenters. The number of ether oxygens (including phenoxy) is 1. The molecular formula is C17H27N3O3. The van der Waals surface area contributed by atoms with E-state index in [-0.39, 0.29) is 24.3 Å². The summed E-state index contributed by atoms with van der Waals surface area (Å²) in [4.78, 5) is 25.3. The molecule has 0 aliphatic carbocycles. The van der Waals surface area contributed by atoms with Crippen LogP contribution in [0.1, 0.15) is 20.8 Å². The molecule has 0 saturated heterocycles. The first-order valence-electron chi connectivity index (χ1n) is 7.91. The first kappa shape index (κ1) is 19.0. The third kappa shape index (κ3) is 7.65. The zero-order chi connectivity index (χ0) is 17.2. The number of nitrogens with zero attached hydrogens (tertiary/aromatic N) is 1. The third-order valence-electron chi connectivity index (χ3n) is 3.18. The van der Waals surface area contributed by atoms with Gasteiger partial charge in [0.25, 0.3) is 0 Å². The summed E-state index contributed by atoms with van der Waals surface area (Å²) in [6.45, 7) is 7.66. The van der Waals surface area contributed by atoms with Crippen molar-refractivity contribution in [3.05, 3.63) is 24.3 Å². The maximum Gasteiger partial charge on any atom is 0.238 e. The van der Waals surface area contributed by atoms with Crippen molar-refractivity contribution in [1.29, 1.82) is 0 Å². The van der Waals surface area contributed by atoms with E-state index in [0.29, 0.717) is 19.7 Å². The Morgan fingerprint density at radius 3 is 2.43 bits per heavy atom. The molecule has 128 valence electrons. The van der Waals surface area contributed by atoms with Gasteiger partial charge in [-0.05, 0) is 38.2 Å². The third-order valence-corrected chi connectivity index (χ3v) is 3.18. The van der Waals surface area contributed by atoms with Crippen LogP contribution in [0.15, 0.2) is 24.3 Å². The van der Waals surface area contributed by atoms with Gasteiger partial charge in [0, 0.05) is 24.7 Å². The maximum atomic E-state index is 12.0. The summed E-state index contributed by atoms with van der Waals surface area (Å²) in [5.74, 6) is 0.691. The Morgan fingerprint density at radius 2 is 1.87 bits per heavy atom. The smallest absolute Gasteiger partial charge is 0.238 e. The molecule has 0 radical (unpaired) electrons. The van der Waals surface area contributed by atoms with Crippen molar-refractivity contribution >= 4 is 17.5 Å². The second kappa shape index (κ2) is 9.84. The molecule has 0 spiro atoms. The topological polar surface area (TPSA) is 70.7 Å². The van der Waals surface area contributed by atoms with E-state index >= 15 is 0 Å². The van der Waals surface area contributed by atoms with Gasteiger partial charge >= 0.3 is 0 Å². The number of carbonyl (C=O) groups is 2. The Hall–Kier alpha value is -2.08. The van der Waals surface area contributed by atoms with Gasteiger partial charge in [0.2, 0.25) is 11.8 Å². The van der Waals surface area contributed by atoms with Crippen LogP contribution in [-0.2, 0) is 9.59 Å². The maximum absolute atomic E-state index is 12.0. The van der Waals surface area contributed by atoms with Gasteiger partial charge in [0.1, 0.15) is 5.75 Å². The molecule has 2 amide bonds. The molecule has 0 aliphatic rings. The minimum atomic E-state index is -0.0909. The molecule has 0 aromatic heterocycles. The van der Waals surface area contributed by atoms with E-state index in [1.165, 1.54) is 0 Å². The molecule has 0 saturated carbocycles. The highest BCUT2D eigenvalue weighted by molar-refractivity contribution is 5.92. The van der Waals surface area contributed by atoms with Crippen molar-refractivity contribution in [3.63, 3.8) is 0 Å². The SMILES string of the molecule is CCOc1ccc(NC(=O)CN(C)CCNC(=O)C(C)C)cc1. The molecule has 1 aromatic rings. The van der Waals surface area contributed by atoms with Crippen LogP contribution in [0.2, 0.25) is 0 Å². The van der Waals surface area contributed by atoms with Gasteiger partial charge in [-0.3, -0.25) is 14.5 Å². The first-order valence-corrected chi connectivity index (χ1v) is 7.91. The van der Waals surface area contributed by atoms with Crippen molar-refractivity contribution in [2.45, 2.75) is 20.8 Å². The fraction of sp³-hybridized carbons (Fsp3) is 0.529. The summed E-state index contributed by atoms with van der Waals surface area (Å²) in [5, 5.41) is 5.66. The van der Waals surface area contributed by atoms with Gasteiger partial charge < -0.3 is 15.4 Å². The van der Waals surface area contributed by atoms with Crippen molar-refractivity contribution in [2.75, 3.05) is 38.6 Å². The number of anilines is 1. The van der Waals surface area contributed by atoms with E-state index in [0.717, 1.165) is 11.4 Å². The summed E-state index contributed by atoms with van der Waals surface area (Å²) >= 11 is 0. The van der Waals surface area contributed by atoms with E-state index < -0.39 is 0 Å². The Balaban J connectivity index is 2.30. The molecule has 0 fully saturated rings. The zero-order valence-corrected chi connectivity index (χ0v) is 14.4. The van der Waals surface area contributed by atoms with E-state index in [9.17, 15) is 9.59 Å². The molecule has 2 N–H and O–H groups in total. The van der Waals surface area contributed by atoms with Gasteiger partial charge in [0.05, 0.1) is 13.2 Å². The molecule has 0 unspecified atom stereocenters. The molecule has 0 heterocycles. The number of nitrogens with one attached hydrogen (secondary N) is 2. The van der Waals surface area contributed by atoms with Crippen LogP contribution < -0.4 is 15.4 Å². The van der Waals surface area contributed by atoms with Crippen LogP contribution in [0.25, 0.3) is 0 Å². The van der Waals surface area contributed by atoms with E-state index in [1.807, 2.05) is 57.0 Å². The lowest BCUT2D eigenvalue weighted by Gasteiger charge is -2.17. The number of hydrogen-bond donors (Lipinski definition) is 2. The Morgan fingerprint density at radius 1 is 1.22 bits per heavy atom. The molecule has 23 heavy (non-hydrogen) atoms. The van der Waals surface area contributed by atoms with Gasteiger partial charge in [0.15, 0.2) is 0 Å². The van der Waals surface area contributed by atoms with Crippen LogP contribution in [0.4, 0.5) is 5.69 Å². The molecule has 0 aliphatic heterocycles. The van der Waals surface area contributed by atoms with Crippen LogP contribution in [0.5, 0.6) is 5.75 Å². The monoisotopic (exact) mass is 321 g/mol. The quantitative estimate of drug-likeness (QED) is 0.727.